The molecule has 1 fully saturated rings. The fraction of sp³-hybridized carbons (Fsp3) is 0.286. The quantitative estimate of drug-likeness (QED) is 0.259. The molecule has 4 N–H and O–H groups in total. The number of aliphatic hydroxyl groups excluding tert-OH is 1. The monoisotopic (exact) mass is 542 g/mol. The van der Waals surface area contributed by atoms with E-state index in [0.29, 0.717) is 44.1 Å². The molecule has 5 rings (SSSR count). The van der Waals surface area contributed by atoms with Crippen molar-refractivity contribution >= 4 is 28.0 Å². The van der Waals surface area contributed by atoms with Gasteiger partial charge in [-0.2, -0.15) is 13.2 Å². The number of nitrogens with zero attached hydrogens (tertiary/aromatic N) is 2. The second kappa shape index (κ2) is 9.97. The van der Waals surface area contributed by atoms with Crippen LogP contribution in [-0.4, -0.2) is 45.6 Å². The summed E-state index contributed by atoms with van der Waals surface area (Å²) in [6.45, 7) is 2.01. The van der Waals surface area contributed by atoms with Gasteiger partial charge in [0.25, 0.3) is 5.56 Å². The number of benzene rings is 2. The summed E-state index contributed by atoms with van der Waals surface area (Å²) in [6.07, 6.45) is -0.869. The zero-order valence-corrected chi connectivity index (χ0v) is 20.9. The van der Waals surface area contributed by atoms with Crippen LogP contribution in [0.2, 0.25) is 0 Å². The van der Waals surface area contributed by atoms with Crippen LogP contribution < -0.4 is 15.8 Å². The molecule has 1 atom stereocenters. The topological polar surface area (TPSA) is 101 Å². The zero-order valence-electron chi connectivity index (χ0n) is 20.9. The van der Waals surface area contributed by atoms with Crippen molar-refractivity contribution in [3.8, 4) is 11.1 Å². The van der Waals surface area contributed by atoms with Crippen molar-refractivity contribution in [3.63, 3.8) is 0 Å². The first kappa shape index (κ1) is 26.6. The molecular weight excluding hydrogens is 516 g/mol. The molecule has 0 bridgehead atoms. The van der Waals surface area contributed by atoms with Crippen LogP contribution in [0, 0.1) is 5.82 Å². The second-order valence-corrected chi connectivity index (χ2v) is 9.80. The van der Waals surface area contributed by atoms with E-state index in [-0.39, 0.29) is 28.3 Å². The van der Waals surface area contributed by atoms with E-state index < -0.39 is 28.7 Å². The fourth-order valence-electron chi connectivity index (χ4n) is 4.70. The van der Waals surface area contributed by atoms with Crippen LogP contribution in [0.25, 0.3) is 21.9 Å². The van der Waals surface area contributed by atoms with E-state index in [2.05, 4.69) is 20.2 Å². The normalized spacial score (nSPS) is 16.3. The molecule has 204 valence electrons. The van der Waals surface area contributed by atoms with Crippen molar-refractivity contribution in [1.82, 2.24) is 9.97 Å². The second-order valence-electron chi connectivity index (χ2n) is 9.80. The first-order valence-corrected chi connectivity index (χ1v) is 12.3. The highest BCUT2D eigenvalue weighted by molar-refractivity contribution is 5.98. The van der Waals surface area contributed by atoms with Gasteiger partial charge < -0.3 is 25.4 Å². The van der Waals surface area contributed by atoms with Crippen molar-refractivity contribution in [1.29, 1.82) is 0 Å². The molecule has 0 aliphatic carbocycles. The number of aromatic nitrogens is 2. The van der Waals surface area contributed by atoms with Crippen molar-refractivity contribution in [3.05, 3.63) is 82.7 Å². The van der Waals surface area contributed by atoms with Gasteiger partial charge in [-0.15, -0.1) is 0 Å². The number of pyridine rings is 2. The molecule has 1 saturated heterocycles. The predicted octanol–water partition coefficient (Wildman–Crippen LogP) is 5.20. The molecule has 3 heterocycles. The van der Waals surface area contributed by atoms with Gasteiger partial charge in [-0.3, -0.25) is 4.79 Å². The molecule has 7 nitrogen and oxygen atoms in total. The number of alkyl halides is 3. The maximum atomic E-state index is 14.9. The third-order valence-electron chi connectivity index (χ3n) is 7.10. The first-order chi connectivity index (χ1) is 18.4. The van der Waals surface area contributed by atoms with Crippen LogP contribution in [0.1, 0.15) is 25.3 Å². The Morgan fingerprint density at radius 3 is 2.49 bits per heavy atom. The minimum atomic E-state index is -4.97. The Labute approximate surface area is 220 Å². The number of fused-ring (bicyclic) bond motifs is 1. The SMILES string of the molecule is CC(O)(c1ccc(F)c(-c2cc(Nc3ccc(N4CCC(O)CC4)cn3)c3c(=O)[nH]ccc3c2)c1)C(F)(F)F. The van der Waals surface area contributed by atoms with Crippen molar-refractivity contribution in [2.45, 2.75) is 37.6 Å². The van der Waals surface area contributed by atoms with E-state index >= 15 is 0 Å². The summed E-state index contributed by atoms with van der Waals surface area (Å²) in [5, 5.41) is 23.6. The fourth-order valence-corrected chi connectivity index (χ4v) is 4.70. The van der Waals surface area contributed by atoms with Gasteiger partial charge >= 0.3 is 6.18 Å². The molecule has 1 aliphatic heterocycles. The van der Waals surface area contributed by atoms with E-state index in [1.165, 1.54) is 18.3 Å². The molecule has 0 amide bonds. The highest BCUT2D eigenvalue weighted by Gasteiger charge is 2.51. The summed E-state index contributed by atoms with van der Waals surface area (Å²) in [5.41, 5.74) is -2.94. The van der Waals surface area contributed by atoms with Crippen LogP contribution in [-0.2, 0) is 5.60 Å². The Morgan fingerprint density at radius 1 is 1.08 bits per heavy atom. The Morgan fingerprint density at radius 2 is 1.82 bits per heavy atom. The molecule has 1 aliphatic rings. The summed E-state index contributed by atoms with van der Waals surface area (Å²) in [7, 11) is 0. The maximum absolute atomic E-state index is 14.9. The third-order valence-corrected chi connectivity index (χ3v) is 7.10. The maximum Gasteiger partial charge on any atom is 0.421 e. The van der Waals surface area contributed by atoms with Gasteiger partial charge in [0.2, 0.25) is 0 Å². The van der Waals surface area contributed by atoms with E-state index in [1.54, 1.807) is 18.3 Å². The van der Waals surface area contributed by atoms with Crippen molar-refractivity contribution < 1.29 is 27.8 Å². The summed E-state index contributed by atoms with van der Waals surface area (Å²) >= 11 is 0. The lowest BCUT2D eigenvalue weighted by Gasteiger charge is -2.31. The Balaban J connectivity index is 1.54. The number of hydrogen-bond acceptors (Lipinski definition) is 6. The summed E-state index contributed by atoms with van der Waals surface area (Å²) in [5.74, 6) is -0.396. The summed E-state index contributed by atoms with van der Waals surface area (Å²) < 4.78 is 55.3. The highest BCUT2D eigenvalue weighted by atomic mass is 19.4. The van der Waals surface area contributed by atoms with Gasteiger partial charge in [-0.25, -0.2) is 9.37 Å². The molecule has 4 aromatic rings. The van der Waals surface area contributed by atoms with Crippen LogP contribution >= 0.6 is 0 Å². The third kappa shape index (κ3) is 5.19. The predicted molar refractivity (Wildman–Crippen MR) is 141 cm³/mol. The van der Waals surface area contributed by atoms with Crippen LogP contribution in [0.4, 0.5) is 34.8 Å². The molecule has 0 radical (unpaired) electrons. The summed E-state index contributed by atoms with van der Waals surface area (Å²) in [4.78, 5) is 21.9. The number of nitrogens with one attached hydrogen (secondary N) is 2. The van der Waals surface area contributed by atoms with E-state index in [9.17, 15) is 32.6 Å². The van der Waals surface area contributed by atoms with Gasteiger partial charge in [0.05, 0.1) is 29.1 Å². The molecule has 0 spiro atoms. The van der Waals surface area contributed by atoms with Gasteiger partial charge in [0.1, 0.15) is 11.6 Å². The molecule has 2 aromatic heterocycles. The smallest absolute Gasteiger partial charge is 0.393 e. The molecule has 1 unspecified atom stereocenters. The Bertz CT molecular complexity index is 1560. The number of halogens is 4. The van der Waals surface area contributed by atoms with Gasteiger partial charge in [-0.05, 0) is 78.7 Å². The first-order valence-electron chi connectivity index (χ1n) is 12.3. The molecular formula is C28H26F4N4O3. The number of anilines is 3. The highest BCUT2D eigenvalue weighted by Crippen LogP contribution is 2.41. The molecule has 0 saturated carbocycles. The standard InChI is InChI=1S/C28H26F4N4O3/c1-27(39,28(30,31)32)18-2-4-22(29)21(14-18)17-12-16-6-9-33-26(38)25(16)23(13-17)35-24-5-3-19(15-34-24)36-10-7-20(37)8-11-36/h2-6,9,12-15,20,37,39H,7-8,10-11H2,1H3,(H,33,38)(H,34,35). The largest absolute Gasteiger partial charge is 0.421 e. The van der Waals surface area contributed by atoms with E-state index in [0.717, 1.165) is 23.9 Å². The van der Waals surface area contributed by atoms with Crippen LogP contribution in [0.15, 0.2) is 65.7 Å². The van der Waals surface area contributed by atoms with E-state index in [4.69, 9.17) is 0 Å². The van der Waals surface area contributed by atoms with E-state index in [1.807, 2.05) is 6.07 Å². The minimum absolute atomic E-state index is 0.169. The lowest BCUT2D eigenvalue weighted by atomic mass is 9.91. The Hall–Kier alpha value is -3.96. The van der Waals surface area contributed by atoms with Crippen LogP contribution in [0.3, 0.4) is 0 Å². The molecule has 11 heteroatoms. The molecule has 2 aromatic carbocycles. The summed E-state index contributed by atoms with van der Waals surface area (Å²) in [6, 6.07) is 10.9. The van der Waals surface area contributed by atoms with Crippen molar-refractivity contribution in [2.75, 3.05) is 23.3 Å². The number of aliphatic hydroxyl groups is 2. The van der Waals surface area contributed by atoms with Crippen molar-refractivity contribution in [2.24, 2.45) is 0 Å². The number of aromatic amines is 1. The number of H-pyrrole nitrogens is 1. The average Bonchev–Trinajstić information content (AvgIpc) is 2.89. The van der Waals surface area contributed by atoms with Gasteiger partial charge in [0.15, 0.2) is 5.60 Å². The van der Waals surface area contributed by atoms with Gasteiger partial charge in [-0.1, -0.05) is 6.07 Å². The molecule has 39 heavy (non-hydrogen) atoms. The zero-order chi connectivity index (χ0) is 27.9. The Kier molecular flexibility index (Phi) is 6.81. The number of piperidine rings is 1. The number of rotatable bonds is 5. The van der Waals surface area contributed by atoms with Gasteiger partial charge in [0, 0.05) is 24.8 Å². The minimum Gasteiger partial charge on any atom is -0.393 e. The lowest BCUT2D eigenvalue weighted by Crippen LogP contribution is -2.39. The average molecular weight is 543 g/mol. The number of hydrogen-bond donors (Lipinski definition) is 4. The lowest BCUT2D eigenvalue weighted by molar-refractivity contribution is -0.258. The van der Waals surface area contributed by atoms with Crippen LogP contribution in [0.5, 0.6) is 0 Å².